The van der Waals surface area contributed by atoms with E-state index in [1.165, 1.54) is 35.4 Å². The number of non-ortho nitro benzene ring substituents is 3. The summed E-state index contributed by atoms with van der Waals surface area (Å²) in [5.41, 5.74) is 1.19. The van der Waals surface area contributed by atoms with Gasteiger partial charge in [0.15, 0.2) is 0 Å². The Balaban J connectivity index is 1.73. The van der Waals surface area contributed by atoms with Crippen LogP contribution in [0.5, 0.6) is 0 Å². The number of amides is 2. The van der Waals surface area contributed by atoms with Crippen LogP contribution in [0.25, 0.3) is 0 Å². The van der Waals surface area contributed by atoms with Crippen molar-refractivity contribution in [3.63, 3.8) is 0 Å². The van der Waals surface area contributed by atoms with Crippen molar-refractivity contribution in [2.24, 2.45) is 5.10 Å². The van der Waals surface area contributed by atoms with Crippen LogP contribution in [0.4, 0.5) is 17.1 Å². The van der Waals surface area contributed by atoms with Gasteiger partial charge in [0.05, 0.1) is 32.6 Å². The zero-order valence-electron chi connectivity index (χ0n) is 16.8. The molecule has 2 aromatic carbocycles. The Morgan fingerprint density at radius 3 is 2.06 bits per heavy atom. The fourth-order valence-corrected chi connectivity index (χ4v) is 3.30. The van der Waals surface area contributed by atoms with Gasteiger partial charge in [0.1, 0.15) is 6.04 Å². The Morgan fingerprint density at radius 2 is 1.52 bits per heavy atom. The van der Waals surface area contributed by atoms with E-state index in [4.69, 9.17) is 0 Å². The summed E-state index contributed by atoms with van der Waals surface area (Å²) in [5, 5.41) is 36.6. The molecule has 14 nitrogen and oxygen atoms in total. The van der Waals surface area contributed by atoms with Crippen LogP contribution in [0.2, 0.25) is 0 Å². The standard InChI is InChI=1S/C19H16N6O8/c26-18(21-20-11-12-3-5-14(6-4-12)23(28)29)17-2-1-7-22(17)19(27)13-8-15(24(30)31)10-16(9-13)25(32)33/h3-6,8-11,17H,1-2,7H2,(H,21,26)/b20-11-/t17-/m0/s1. The lowest BCUT2D eigenvalue weighted by Crippen LogP contribution is -2.44. The van der Waals surface area contributed by atoms with Gasteiger partial charge in [-0.2, -0.15) is 5.10 Å². The van der Waals surface area contributed by atoms with Crippen molar-refractivity contribution in [3.8, 4) is 0 Å². The number of carbonyl (C=O) groups is 2. The third-order valence-corrected chi connectivity index (χ3v) is 4.88. The summed E-state index contributed by atoms with van der Waals surface area (Å²) in [6.45, 7) is 0.180. The number of hydrazone groups is 1. The van der Waals surface area contributed by atoms with E-state index in [9.17, 15) is 39.9 Å². The van der Waals surface area contributed by atoms with Gasteiger partial charge in [-0.05, 0) is 30.5 Å². The molecule has 0 unspecified atom stereocenters. The smallest absolute Gasteiger partial charge is 0.277 e. The molecule has 0 radical (unpaired) electrons. The lowest BCUT2D eigenvalue weighted by molar-refractivity contribution is -0.394. The molecule has 0 aliphatic carbocycles. The first-order valence-corrected chi connectivity index (χ1v) is 9.49. The maximum atomic E-state index is 12.9. The second-order valence-corrected chi connectivity index (χ2v) is 6.99. The van der Waals surface area contributed by atoms with E-state index in [1.54, 1.807) is 0 Å². The van der Waals surface area contributed by atoms with Crippen LogP contribution in [0.1, 0.15) is 28.8 Å². The van der Waals surface area contributed by atoms with Crippen LogP contribution in [0, 0.1) is 30.3 Å². The summed E-state index contributed by atoms with van der Waals surface area (Å²) in [4.78, 5) is 57.2. The van der Waals surface area contributed by atoms with E-state index >= 15 is 0 Å². The van der Waals surface area contributed by atoms with Crippen molar-refractivity contribution >= 4 is 35.1 Å². The quantitative estimate of drug-likeness (QED) is 0.372. The molecule has 0 saturated carbocycles. The number of carbonyl (C=O) groups excluding carboxylic acids is 2. The van der Waals surface area contributed by atoms with Gasteiger partial charge >= 0.3 is 0 Å². The van der Waals surface area contributed by atoms with Crippen molar-refractivity contribution in [3.05, 3.63) is 83.9 Å². The third-order valence-electron chi connectivity index (χ3n) is 4.88. The minimum Gasteiger partial charge on any atom is -0.327 e. The number of hydrogen-bond donors (Lipinski definition) is 1. The molecule has 2 amide bonds. The van der Waals surface area contributed by atoms with Crippen molar-refractivity contribution in [1.82, 2.24) is 10.3 Å². The highest BCUT2D eigenvalue weighted by Gasteiger charge is 2.35. The Hall–Kier alpha value is -4.75. The molecule has 1 aliphatic heterocycles. The van der Waals surface area contributed by atoms with E-state index in [0.29, 0.717) is 18.4 Å². The van der Waals surface area contributed by atoms with Gasteiger partial charge < -0.3 is 4.90 Å². The molecular formula is C19H16N6O8. The van der Waals surface area contributed by atoms with Gasteiger partial charge in [-0.15, -0.1) is 0 Å². The summed E-state index contributed by atoms with van der Waals surface area (Å²) < 4.78 is 0. The lowest BCUT2D eigenvalue weighted by atomic mass is 10.1. The summed E-state index contributed by atoms with van der Waals surface area (Å²) >= 11 is 0. The number of hydrogen-bond acceptors (Lipinski definition) is 9. The minimum absolute atomic E-state index is 0.0994. The summed E-state index contributed by atoms with van der Waals surface area (Å²) in [6, 6.07) is 7.10. The Kier molecular flexibility index (Phi) is 6.66. The molecule has 0 spiro atoms. The van der Waals surface area contributed by atoms with E-state index < -0.39 is 44.0 Å². The number of benzene rings is 2. The molecule has 170 valence electrons. The molecule has 0 aromatic heterocycles. The first kappa shape index (κ1) is 22.9. The van der Waals surface area contributed by atoms with Crippen LogP contribution < -0.4 is 5.43 Å². The van der Waals surface area contributed by atoms with Gasteiger partial charge in [-0.1, -0.05) is 0 Å². The van der Waals surface area contributed by atoms with E-state index in [1.807, 2.05) is 0 Å². The topological polar surface area (TPSA) is 191 Å². The number of nitrogens with zero attached hydrogens (tertiary/aromatic N) is 5. The van der Waals surface area contributed by atoms with Gasteiger partial charge in [0, 0.05) is 30.8 Å². The maximum Gasteiger partial charge on any atom is 0.277 e. The first-order chi connectivity index (χ1) is 15.7. The van der Waals surface area contributed by atoms with Crippen molar-refractivity contribution in [1.29, 1.82) is 0 Å². The van der Waals surface area contributed by atoms with Crippen molar-refractivity contribution in [2.75, 3.05) is 6.54 Å². The fourth-order valence-electron chi connectivity index (χ4n) is 3.30. The van der Waals surface area contributed by atoms with Gasteiger partial charge in [-0.3, -0.25) is 39.9 Å². The van der Waals surface area contributed by atoms with Crippen LogP contribution in [0.15, 0.2) is 47.6 Å². The Bertz CT molecular complexity index is 1130. The number of rotatable bonds is 7. The Labute approximate surface area is 184 Å². The second-order valence-electron chi connectivity index (χ2n) is 6.99. The minimum atomic E-state index is -0.926. The summed E-state index contributed by atoms with van der Waals surface area (Å²) in [5.74, 6) is -1.36. The number of nitro groups is 3. The molecule has 14 heteroatoms. The van der Waals surface area contributed by atoms with Crippen LogP contribution in [-0.2, 0) is 4.79 Å². The third kappa shape index (κ3) is 5.30. The number of nitro benzene ring substituents is 3. The lowest BCUT2D eigenvalue weighted by Gasteiger charge is -2.23. The van der Waals surface area contributed by atoms with Gasteiger partial charge in [-0.25, -0.2) is 5.43 Å². The molecule has 1 saturated heterocycles. The molecule has 1 heterocycles. The SMILES string of the molecule is O=C(N/N=C\c1ccc([N+](=O)[O-])cc1)[C@@H]1CCCN1C(=O)c1cc([N+](=O)[O-])cc([N+](=O)[O-])c1. The predicted octanol–water partition coefficient (Wildman–Crippen LogP) is 2.17. The molecule has 1 N–H and O–H groups in total. The first-order valence-electron chi connectivity index (χ1n) is 9.49. The zero-order chi connectivity index (χ0) is 24.1. The highest BCUT2D eigenvalue weighted by molar-refractivity contribution is 5.99. The number of likely N-dealkylation sites (tertiary alicyclic amines) is 1. The molecule has 2 aromatic rings. The number of nitrogens with one attached hydrogen (secondary N) is 1. The molecule has 33 heavy (non-hydrogen) atoms. The predicted molar refractivity (Wildman–Crippen MR) is 113 cm³/mol. The fraction of sp³-hybridized carbons (Fsp3) is 0.211. The van der Waals surface area contributed by atoms with E-state index in [2.05, 4.69) is 10.5 Å². The van der Waals surface area contributed by atoms with E-state index in [-0.39, 0.29) is 17.8 Å². The second kappa shape index (κ2) is 9.59. The van der Waals surface area contributed by atoms with E-state index in [0.717, 1.165) is 18.2 Å². The monoisotopic (exact) mass is 456 g/mol. The molecule has 1 atom stereocenters. The van der Waals surface area contributed by atoms with Gasteiger partial charge in [0.25, 0.3) is 28.9 Å². The summed E-state index contributed by atoms with van der Waals surface area (Å²) in [6.07, 6.45) is 2.06. The summed E-state index contributed by atoms with van der Waals surface area (Å²) in [7, 11) is 0. The van der Waals surface area contributed by atoms with Crippen molar-refractivity contribution in [2.45, 2.75) is 18.9 Å². The average Bonchev–Trinajstić information content (AvgIpc) is 3.28. The molecule has 1 fully saturated rings. The van der Waals surface area contributed by atoms with Crippen LogP contribution in [-0.4, -0.2) is 50.3 Å². The molecule has 3 rings (SSSR count). The molecular weight excluding hydrogens is 440 g/mol. The van der Waals surface area contributed by atoms with Crippen LogP contribution in [0.3, 0.4) is 0 Å². The highest BCUT2D eigenvalue weighted by atomic mass is 16.6. The van der Waals surface area contributed by atoms with Gasteiger partial charge in [0.2, 0.25) is 0 Å². The molecule has 1 aliphatic rings. The van der Waals surface area contributed by atoms with Crippen LogP contribution >= 0.6 is 0 Å². The molecule has 0 bridgehead atoms. The maximum absolute atomic E-state index is 12.9. The zero-order valence-corrected chi connectivity index (χ0v) is 16.8. The normalized spacial score (nSPS) is 15.4. The largest absolute Gasteiger partial charge is 0.327 e. The highest BCUT2D eigenvalue weighted by Crippen LogP contribution is 2.26. The van der Waals surface area contributed by atoms with Crippen molar-refractivity contribution < 1.29 is 24.4 Å². The average molecular weight is 456 g/mol. The Morgan fingerprint density at radius 1 is 0.939 bits per heavy atom.